The average Bonchev–Trinajstić information content (AvgIpc) is 2.53. The molecular formula is C17H19N3O. The Hall–Kier alpha value is -2.20. The van der Waals surface area contributed by atoms with Crippen LogP contribution in [-0.2, 0) is 19.5 Å². The molecule has 0 bridgehead atoms. The van der Waals surface area contributed by atoms with Gasteiger partial charge in [-0.2, -0.15) is 0 Å². The minimum Gasteiger partial charge on any atom is -0.348 e. The van der Waals surface area contributed by atoms with E-state index in [9.17, 15) is 4.79 Å². The van der Waals surface area contributed by atoms with Gasteiger partial charge < -0.3 is 10.6 Å². The molecule has 2 N–H and O–H groups in total. The summed E-state index contributed by atoms with van der Waals surface area (Å²) >= 11 is 0. The molecule has 0 saturated heterocycles. The zero-order valence-electron chi connectivity index (χ0n) is 12.1. The normalized spacial score (nSPS) is 13.6. The molecule has 0 fully saturated rings. The van der Waals surface area contributed by atoms with Crippen LogP contribution in [0.4, 0.5) is 0 Å². The highest BCUT2D eigenvalue weighted by Crippen LogP contribution is 2.16. The zero-order valence-corrected chi connectivity index (χ0v) is 12.1. The van der Waals surface area contributed by atoms with Crippen molar-refractivity contribution in [3.8, 4) is 0 Å². The number of benzene rings is 1. The monoisotopic (exact) mass is 281 g/mol. The van der Waals surface area contributed by atoms with E-state index in [0.717, 1.165) is 36.2 Å². The number of carbonyl (C=O) groups excluding carboxylic acids is 1. The van der Waals surface area contributed by atoms with Gasteiger partial charge in [0.2, 0.25) is 0 Å². The molecule has 0 spiro atoms. The van der Waals surface area contributed by atoms with E-state index >= 15 is 0 Å². The number of pyridine rings is 1. The fourth-order valence-corrected chi connectivity index (χ4v) is 2.60. The zero-order chi connectivity index (χ0) is 14.7. The molecule has 1 aliphatic rings. The molecule has 21 heavy (non-hydrogen) atoms. The fourth-order valence-electron chi connectivity index (χ4n) is 2.60. The van der Waals surface area contributed by atoms with Crippen LogP contribution in [0, 0.1) is 6.92 Å². The molecule has 4 heteroatoms. The number of fused-ring (bicyclic) bond motifs is 1. The molecule has 4 nitrogen and oxygen atoms in total. The Morgan fingerprint density at radius 3 is 3.10 bits per heavy atom. The second-order valence-electron chi connectivity index (χ2n) is 5.40. The van der Waals surface area contributed by atoms with Gasteiger partial charge in [-0.15, -0.1) is 0 Å². The van der Waals surface area contributed by atoms with Crippen LogP contribution in [0.2, 0.25) is 0 Å². The standard InChI is InChI=1S/C17H19N3O/c1-12-9-18-7-5-15(12)11-20-17(21)14-3-2-13-4-6-19-10-16(13)8-14/h2-3,5,7-9,19H,4,6,10-11H2,1H3,(H,20,21). The summed E-state index contributed by atoms with van der Waals surface area (Å²) in [4.78, 5) is 16.3. The third-order valence-electron chi connectivity index (χ3n) is 3.93. The highest BCUT2D eigenvalue weighted by molar-refractivity contribution is 5.94. The molecule has 0 radical (unpaired) electrons. The summed E-state index contributed by atoms with van der Waals surface area (Å²) in [7, 11) is 0. The van der Waals surface area contributed by atoms with Crippen molar-refractivity contribution >= 4 is 5.91 Å². The van der Waals surface area contributed by atoms with E-state index in [2.05, 4.69) is 21.7 Å². The summed E-state index contributed by atoms with van der Waals surface area (Å²) in [6, 6.07) is 7.92. The number of aromatic nitrogens is 1. The predicted molar refractivity (Wildman–Crippen MR) is 82.0 cm³/mol. The number of amides is 1. The predicted octanol–water partition coefficient (Wildman–Crippen LogP) is 1.97. The van der Waals surface area contributed by atoms with Crippen molar-refractivity contribution in [3.05, 3.63) is 64.5 Å². The Kier molecular flexibility index (Phi) is 3.97. The van der Waals surface area contributed by atoms with Crippen molar-refractivity contribution in [1.82, 2.24) is 15.6 Å². The van der Waals surface area contributed by atoms with Gasteiger partial charge in [0, 0.05) is 31.0 Å². The third kappa shape index (κ3) is 3.11. The van der Waals surface area contributed by atoms with Crippen LogP contribution >= 0.6 is 0 Å². The lowest BCUT2D eigenvalue weighted by Crippen LogP contribution is -2.26. The van der Waals surface area contributed by atoms with Crippen molar-refractivity contribution < 1.29 is 4.79 Å². The maximum Gasteiger partial charge on any atom is 0.251 e. The number of rotatable bonds is 3. The number of aryl methyl sites for hydroxylation is 1. The second-order valence-corrected chi connectivity index (χ2v) is 5.40. The van der Waals surface area contributed by atoms with Gasteiger partial charge in [0.25, 0.3) is 5.91 Å². The van der Waals surface area contributed by atoms with Crippen LogP contribution in [0.25, 0.3) is 0 Å². The molecule has 1 aromatic heterocycles. The summed E-state index contributed by atoms with van der Waals surface area (Å²) in [6.45, 7) is 4.39. The summed E-state index contributed by atoms with van der Waals surface area (Å²) in [6.07, 6.45) is 4.60. The van der Waals surface area contributed by atoms with E-state index in [1.54, 1.807) is 6.20 Å². The van der Waals surface area contributed by atoms with Crippen LogP contribution in [0.1, 0.15) is 32.6 Å². The van der Waals surface area contributed by atoms with Gasteiger partial charge in [0.1, 0.15) is 0 Å². The molecule has 3 rings (SSSR count). The van der Waals surface area contributed by atoms with Crippen molar-refractivity contribution in [1.29, 1.82) is 0 Å². The summed E-state index contributed by atoms with van der Waals surface area (Å²) in [5.74, 6) is -0.0282. The SMILES string of the molecule is Cc1cnccc1CNC(=O)c1ccc2c(c1)CNCC2. The van der Waals surface area contributed by atoms with Gasteiger partial charge in [0.05, 0.1) is 0 Å². The number of carbonyl (C=O) groups is 1. The Balaban J connectivity index is 1.69. The van der Waals surface area contributed by atoms with Gasteiger partial charge in [0.15, 0.2) is 0 Å². The van der Waals surface area contributed by atoms with Crippen molar-refractivity contribution in [2.24, 2.45) is 0 Å². The molecule has 2 aromatic rings. The minimum absolute atomic E-state index is 0.0282. The summed E-state index contributed by atoms with van der Waals surface area (Å²) < 4.78 is 0. The first-order chi connectivity index (χ1) is 10.2. The summed E-state index contributed by atoms with van der Waals surface area (Å²) in [5.41, 5.74) is 5.49. The van der Waals surface area contributed by atoms with Gasteiger partial charge in [-0.1, -0.05) is 6.07 Å². The largest absolute Gasteiger partial charge is 0.348 e. The molecular weight excluding hydrogens is 262 g/mol. The maximum atomic E-state index is 12.3. The van der Waals surface area contributed by atoms with Crippen LogP contribution < -0.4 is 10.6 Å². The summed E-state index contributed by atoms with van der Waals surface area (Å²) in [5, 5.41) is 6.31. The van der Waals surface area contributed by atoms with Crippen LogP contribution in [0.5, 0.6) is 0 Å². The molecule has 0 aliphatic carbocycles. The lowest BCUT2D eigenvalue weighted by Gasteiger charge is -2.17. The number of hydrogen-bond acceptors (Lipinski definition) is 3. The first kappa shape index (κ1) is 13.8. The lowest BCUT2D eigenvalue weighted by molar-refractivity contribution is 0.0950. The van der Waals surface area contributed by atoms with Crippen LogP contribution in [-0.4, -0.2) is 17.4 Å². The third-order valence-corrected chi connectivity index (χ3v) is 3.93. The first-order valence-corrected chi connectivity index (χ1v) is 7.24. The second kappa shape index (κ2) is 6.06. The van der Waals surface area contributed by atoms with Crippen molar-refractivity contribution in [3.63, 3.8) is 0 Å². The molecule has 1 amide bonds. The topological polar surface area (TPSA) is 54.0 Å². The van der Waals surface area contributed by atoms with E-state index in [0.29, 0.717) is 6.54 Å². The molecule has 0 unspecified atom stereocenters. The van der Waals surface area contributed by atoms with Crippen LogP contribution in [0.15, 0.2) is 36.7 Å². The van der Waals surface area contributed by atoms with E-state index in [-0.39, 0.29) is 5.91 Å². The molecule has 0 saturated carbocycles. The van der Waals surface area contributed by atoms with Crippen molar-refractivity contribution in [2.45, 2.75) is 26.4 Å². The molecule has 1 aromatic carbocycles. The number of hydrogen-bond donors (Lipinski definition) is 2. The van der Waals surface area contributed by atoms with Crippen molar-refractivity contribution in [2.75, 3.05) is 6.54 Å². The smallest absolute Gasteiger partial charge is 0.251 e. The first-order valence-electron chi connectivity index (χ1n) is 7.24. The lowest BCUT2D eigenvalue weighted by atomic mass is 9.98. The molecule has 108 valence electrons. The van der Waals surface area contributed by atoms with Gasteiger partial charge in [-0.05, 0) is 60.3 Å². The van der Waals surface area contributed by atoms with Gasteiger partial charge in [-0.25, -0.2) is 0 Å². The molecule has 0 atom stereocenters. The number of nitrogens with one attached hydrogen (secondary N) is 2. The fraction of sp³-hybridized carbons (Fsp3) is 0.294. The van der Waals surface area contributed by atoms with Gasteiger partial charge in [-0.3, -0.25) is 9.78 Å². The highest BCUT2D eigenvalue weighted by atomic mass is 16.1. The van der Waals surface area contributed by atoms with E-state index in [1.807, 2.05) is 31.3 Å². The van der Waals surface area contributed by atoms with Crippen LogP contribution in [0.3, 0.4) is 0 Å². The van der Waals surface area contributed by atoms with E-state index < -0.39 is 0 Å². The number of nitrogens with zero attached hydrogens (tertiary/aromatic N) is 1. The highest BCUT2D eigenvalue weighted by Gasteiger charge is 2.12. The maximum absolute atomic E-state index is 12.3. The quantitative estimate of drug-likeness (QED) is 0.904. The molecule has 2 heterocycles. The average molecular weight is 281 g/mol. The Bertz CT molecular complexity index is 667. The van der Waals surface area contributed by atoms with E-state index in [4.69, 9.17) is 0 Å². The Morgan fingerprint density at radius 2 is 2.24 bits per heavy atom. The Morgan fingerprint density at radius 1 is 1.33 bits per heavy atom. The van der Waals surface area contributed by atoms with Gasteiger partial charge >= 0.3 is 0 Å². The Labute approximate surface area is 124 Å². The van der Waals surface area contributed by atoms with E-state index in [1.165, 1.54) is 11.1 Å². The molecule has 1 aliphatic heterocycles. The minimum atomic E-state index is -0.0282.